The molecule has 3 heterocycles. The molecular weight excluding hydrogens is 600 g/mol. The molecule has 2 atom stereocenters. The van der Waals surface area contributed by atoms with Crippen molar-refractivity contribution in [1.29, 1.82) is 0 Å². The summed E-state index contributed by atoms with van der Waals surface area (Å²) in [5.74, 6) is 0.0423. The maximum Gasteiger partial charge on any atom is 0.168 e. The van der Waals surface area contributed by atoms with Crippen molar-refractivity contribution in [2.45, 2.75) is 13.0 Å². The predicted molar refractivity (Wildman–Crippen MR) is 139 cm³/mol. The van der Waals surface area contributed by atoms with Crippen molar-refractivity contribution in [3.8, 4) is 5.75 Å². The highest BCUT2D eigenvalue weighted by Crippen LogP contribution is 2.36. The molecule has 2 unspecified atom stereocenters. The number of nitrogens with zero attached hydrogens (tertiary/aromatic N) is 4. The standard InChI is InChI=1S/C22H15Cl2FIN4O2P/c1-12(22-17(23)9-27-10-18(22)24)32-15-4-5-21-16(6-15)20(29-30(21)33-26)7-19(25)13-2-3-14(11-31)28-8-13/h2-12,33H,1H3/b19-7-. The van der Waals surface area contributed by atoms with Crippen molar-refractivity contribution >= 4 is 80.7 Å². The topological polar surface area (TPSA) is 69.9 Å². The fraction of sp³-hybridized carbons (Fsp3) is 0.0909. The highest BCUT2D eigenvalue weighted by atomic mass is 127. The van der Waals surface area contributed by atoms with Gasteiger partial charge in [-0.15, -0.1) is 0 Å². The molecule has 0 fully saturated rings. The molecule has 0 bridgehead atoms. The smallest absolute Gasteiger partial charge is 0.168 e. The predicted octanol–water partition coefficient (Wildman–Crippen LogP) is 7.34. The van der Waals surface area contributed by atoms with E-state index in [2.05, 4.69) is 37.1 Å². The van der Waals surface area contributed by atoms with Gasteiger partial charge in [-0.25, -0.2) is 8.84 Å². The van der Waals surface area contributed by atoms with Gasteiger partial charge in [-0.2, -0.15) is 5.10 Å². The summed E-state index contributed by atoms with van der Waals surface area (Å²) in [5.41, 5.74) is 2.41. The van der Waals surface area contributed by atoms with Gasteiger partial charge in [-0.1, -0.05) is 23.2 Å². The third-order valence-electron chi connectivity index (χ3n) is 4.82. The number of fused-ring (bicyclic) bond motifs is 1. The number of aromatic nitrogens is 4. The largest absolute Gasteiger partial charge is 0.486 e. The Morgan fingerprint density at radius 1 is 1.21 bits per heavy atom. The first kappa shape index (κ1) is 24.0. The number of hydrogen-bond acceptors (Lipinski definition) is 5. The highest BCUT2D eigenvalue weighted by molar-refractivity contribution is 14.2. The quantitative estimate of drug-likeness (QED) is 0.124. The number of hydrogen-bond donors (Lipinski definition) is 0. The van der Waals surface area contributed by atoms with Crippen molar-refractivity contribution in [3.05, 3.63) is 81.5 Å². The summed E-state index contributed by atoms with van der Waals surface area (Å²) in [5, 5.41) is 6.09. The average Bonchev–Trinajstić information content (AvgIpc) is 3.15. The number of rotatable bonds is 7. The first-order valence-corrected chi connectivity index (χ1v) is 14.4. The minimum Gasteiger partial charge on any atom is -0.486 e. The van der Waals surface area contributed by atoms with Crippen LogP contribution < -0.4 is 4.74 Å². The Kier molecular flexibility index (Phi) is 7.58. The van der Waals surface area contributed by atoms with Crippen molar-refractivity contribution in [1.82, 2.24) is 19.5 Å². The summed E-state index contributed by atoms with van der Waals surface area (Å²) in [7, 11) is 0. The SMILES string of the molecule is CC(Oc1ccc2c(c1)c(/C=C(\F)c1ccc(C=O)nc1)nn2PI)c1c(Cl)cncc1Cl. The van der Waals surface area contributed by atoms with Crippen molar-refractivity contribution in [2.24, 2.45) is 0 Å². The van der Waals surface area contributed by atoms with Crippen molar-refractivity contribution < 1.29 is 13.9 Å². The van der Waals surface area contributed by atoms with Gasteiger partial charge < -0.3 is 4.74 Å². The van der Waals surface area contributed by atoms with Gasteiger partial charge in [0, 0.05) is 41.2 Å². The van der Waals surface area contributed by atoms with Gasteiger partial charge in [0.15, 0.2) is 6.29 Å². The molecule has 33 heavy (non-hydrogen) atoms. The molecule has 4 rings (SSSR count). The van der Waals surface area contributed by atoms with Gasteiger partial charge in [0.2, 0.25) is 0 Å². The lowest BCUT2D eigenvalue weighted by Crippen LogP contribution is -2.05. The van der Waals surface area contributed by atoms with E-state index in [0.717, 1.165) is 10.9 Å². The molecule has 6 nitrogen and oxygen atoms in total. The van der Waals surface area contributed by atoms with Gasteiger partial charge in [-0.05, 0) is 59.3 Å². The van der Waals surface area contributed by atoms with E-state index in [1.807, 2.05) is 25.1 Å². The van der Waals surface area contributed by atoms with Crippen LogP contribution in [-0.2, 0) is 0 Å². The van der Waals surface area contributed by atoms with Crippen LogP contribution in [0.1, 0.15) is 40.3 Å². The molecule has 0 saturated heterocycles. The molecule has 11 heteroatoms. The van der Waals surface area contributed by atoms with Gasteiger partial charge in [0.05, 0.1) is 27.6 Å². The fourth-order valence-electron chi connectivity index (χ4n) is 3.26. The lowest BCUT2D eigenvalue weighted by Gasteiger charge is -2.17. The molecule has 0 aliphatic rings. The van der Waals surface area contributed by atoms with E-state index in [1.165, 1.54) is 36.8 Å². The number of ether oxygens (including phenoxy) is 1. The fourth-order valence-corrected chi connectivity index (χ4v) is 5.46. The lowest BCUT2D eigenvalue weighted by atomic mass is 10.1. The number of pyridine rings is 2. The van der Waals surface area contributed by atoms with Crippen LogP contribution in [0.3, 0.4) is 0 Å². The third kappa shape index (κ3) is 5.19. The molecule has 168 valence electrons. The highest BCUT2D eigenvalue weighted by Gasteiger charge is 2.17. The molecule has 3 aromatic heterocycles. The summed E-state index contributed by atoms with van der Waals surface area (Å²) >= 11 is 14.7. The van der Waals surface area contributed by atoms with E-state index < -0.39 is 11.9 Å². The Hall–Kier alpha value is -2.13. The van der Waals surface area contributed by atoms with Crippen LogP contribution in [0.5, 0.6) is 5.75 Å². The number of aldehydes is 1. The van der Waals surface area contributed by atoms with E-state index in [0.29, 0.717) is 39.7 Å². The van der Waals surface area contributed by atoms with Gasteiger partial charge >= 0.3 is 0 Å². The summed E-state index contributed by atoms with van der Waals surface area (Å²) in [6.07, 6.45) is 6.17. The normalized spacial score (nSPS) is 13.1. The second-order valence-corrected chi connectivity index (χ2v) is 9.77. The van der Waals surface area contributed by atoms with Crippen LogP contribution in [0, 0.1) is 0 Å². The Balaban J connectivity index is 1.70. The van der Waals surface area contributed by atoms with Crippen molar-refractivity contribution in [3.63, 3.8) is 0 Å². The molecule has 0 aliphatic carbocycles. The molecule has 4 aromatic rings. The summed E-state index contributed by atoms with van der Waals surface area (Å²) in [6, 6.07) is 8.47. The monoisotopic (exact) mass is 614 g/mol. The van der Waals surface area contributed by atoms with Gasteiger partial charge in [0.25, 0.3) is 0 Å². The van der Waals surface area contributed by atoms with E-state index >= 15 is 0 Å². The second-order valence-electron chi connectivity index (χ2n) is 6.92. The second kappa shape index (κ2) is 10.4. The maximum atomic E-state index is 14.9. The van der Waals surface area contributed by atoms with Crippen LogP contribution >= 0.6 is 51.6 Å². The first-order valence-electron chi connectivity index (χ1n) is 9.55. The van der Waals surface area contributed by atoms with E-state index in [9.17, 15) is 9.18 Å². The number of carbonyl (C=O) groups excluding carboxylic acids is 1. The van der Waals surface area contributed by atoms with E-state index in [1.54, 1.807) is 4.45 Å². The first-order chi connectivity index (χ1) is 15.9. The zero-order valence-electron chi connectivity index (χ0n) is 17.0. The Labute approximate surface area is 213 Å². The van der Waals surface area contributed by atoms with Crippen LogP contribution in [0.15, 0.2) is 48.9 Å². The van der Waals surface area contributed by atoms with E-state index in [-0.39, 0.29) is 11.3 Å². The third-order valence-corrected chi connectivity index (χ3v) is 7.29. The zero-order chi connectivity index (χ0) is 23.5. The Morgan fingerprint density at radius 2 is 1.97 bits per heavy atom. The number of carbonyl (C=O) groups is 1. The van der Waals surface area contributed by atoms with Crippen LogP contribution in [-0.4, -0.2) is 25.8 Å². The molecular formula is C22H15Cl2FIN4O2P. The van der Waals surface area contributed by atoms with Gasteiger partial charge in [0.1, 0.15) is 23.4 Å². The molecule has 0 radical (unpaired) electrons. The minimum atomic E-state index is -0.515. The summed E-state index contributed by atoms with van der Waals surface area (Å²) in [4.78, 5) is 18.7. The Bertz CT molecular complexity index is 1340. The van der Waals surface area contributed by atoms with E-state index in [4.69, 9.17) is 27.9 Å². The lowest BCUT2D eigenvalue weighted by molar-refractivity contribution is 0.111. The maximum absolute atomic E-state index is 14.9. The van der Waals surface area contributed by atoms with Crippen LogP contribution in [0.4, 0.5) is 4.39 Å². The molecule has 0 amide bonds. The van der Waals surface area contributed by atoms with Gasteiger partial charge in [-0.3, -0.25) is 14.8 Å². The average molecular weight is 615 g/mol. The summed E-state index contributed by atoms with van der Waals surface area (Å²) < 4.78 is 22.8. The summed E-state index contributed by atoms with van der Waals surface area (Å²) in [6.45, 7) is 1.84. The van der Waals surface area contributed by atoms with Crippen molar-refractivity contribution in [2.75, 3.05) is 0 Å². The zero-order valence-corrected chi connectivity index (χ0v) is 21.6. The molecule has 0 aliphatic heterocycles. The molecule has 0 N–H and O–H groups in total. The molecule has 0 saturated carbocycles. The number of benzene rings is 1. The van der Waals surface area contributed by atoms with Crippen LogP contribution in [0.25, 0.3) is 22.8 Å². The molecule has 0 spiro atoms. The Morgan fingerprint density at radius 3 is 2.61 bits per heavy atom. The number of halogens is 4. The minimum absolute atomic E-state index is 0.234. The van der Waals surface area contributed by atoms with Crippen LogP contribution in [0.2, 0.25) is 10.0 Å². The molecule has 1 aromatic carbocycles.